The largest absolute Gasteiger partial charge is 0.480 e. The smallest absolute Gasteiger partial charge is 0.213 e. The summed E-state index contributed by atoms with van der Waals surface area (Å²) in [6, 6.07) is 17.2. The van der Waals surface area contributed by atoms with Gasteiger partial charge in [-0.25, -0.2) is 17.9 Å². The fraction of sp³-hybridized carbons (Fsp3) is 0.100. The average Bonchev–Trinajstić information content (AvgIpc) is 2.59. The molecular formula is C20H15BrFNO3S. The molecule has 0 aliphatic carbocycles. The van der Waals surface area contributed by atoms with Crippen molar-refractivity contribution in [1.82, 2.24) is 0 Å². The molecule has 1 unspecified atom stereocenters. The third-order valence-electron chi connectivity index (χ3n) is 4.41. The van der Waals surface area contributed by atoms with Crippen molar-refractivity contribution in [3.8, 4) is 16.9 Å². The Kier molecular flexibility index (Phi) is 4.53. The lowest BCUT2D eigenvalue weighted by Gasteiger charge is -2.30. The van der Waals surface area contributed by atoms with E-state index in [1.54, 1.807) is 24.3 Å². The number of halogens is 2. The molecule has 4 rings (SSSR count). The second kappa shape index (κ2) is 6.74. The van der Waals surface area contributed by atoms with Crippen LogP contribution in [0.1, 0.15) is 22.8 Å². The van der Waals surface area contributed by atoms with Crippen LogP contribution in [0.4, 0.5) is 4.39 Å². The van der Waals surface area contributed by atoms with E-state index in [1.165, 1.54) is 12.1 Å². The van der Waals surface area contributed by atoms with Crippen molar-refractivity contribution in [1.29, 1.82) is 0 Å². The van der Waals surface area contributed by atoms with E-state index in [2.05, 4.69) is 15.9 Å². The van der Waals surface area contributed by atoms with E-state index in [4.69, 9.17) is 9.88 Å². The number of hydrogen-bond acceptors (Lipinski definition) is 3. The van der Waals surface area contributed by atoms with Crippen LogP contribution in [-0.2, 0) is 15.8 Å². The molecule has 0 amide bonds. The van der Waals surface area contributed by atoms with E-state index in [1.807, 2.05) is 24.3 Å². The highest BCUT2D eigenvalue weighted by Gasteiger charge is 2.29. The molecule has 0 radical (unpaired) electrons. The number of nitrogens with two attached hydrogens (primary N) is 1. The summed E-state index contributed by atoms with van der Waals surface area (Å²) < 4.78 is 43.9. The molecule has 1 atom stereocenters. The van der Waals surface area contributed by atoms with Crippen LogP contribution in [0, 0.1) is 5.82 Å². The summed E-state index contributed by atoms with van der Waals surface area (Å²) in [5.41, 5.74) is 3.74. The van der Waals surface area contributed by atoms with Crippen LogP contribution >= 0.6 is 15.9 Å². The van der Waals surface area contributed by atoms with Gasteiger partial charge in [-0.1, -0.05) is 52.3 Å². The predicted octanol–water partition coefficient (Wildman–Crippen LogP) is 4.53. The van der Waals surface area contributed by atoms with Crippen molar-refractivity contribution in [3.05, 3.63) is 87.6 Å². The molecule has 4 nitrogen and oxygen atoms in total. The number of sulfonamides is 1. The molecule has 1 heterocycles. The molecule has 138 valence electrons. The van der Waals surface area contributed by atoms with E-state index in [0.29, 0.717) is 16.9 Å². The van der Waals surface area contributed by atoms with Crippen molar-refractivity contribution >= 4 is 26.0 Å². The summed E-state index contributed by atoms with van der Waals surface area (Å²) in [6.45, 7) is 0. The van der Waals surface area contributed by atoms with Gasteiger partial charge < -0.3 is 4.74 Å². The van der Waals surface area contributed by atoms with Gasteiger partial charge in [-0.05, 0) is 41.0 Å². The van der Waals surface area contributed by atoms with E-state index in [9.17, 15) is 12.8 Å². The molecule has 0 saturated carbocycles. The minimum absolute atomic E-state index is 0.279. The Bertz CT molecular complexity index is 1150. The Morgan fingerprint density at radius 1 is 1.07 bits per heavy atom. The first-order valence-corrected chi connectivity index (χ1v) is 10.7. The van der Waals surface area contributed by atoms with Gasteiger partial charge in [0.15, 0.2) is 0 Å². The molecule has 2 N–H and O–H groups in total. The number of rotatable bonds is 3. The Hall–Kier alpha value is -2.22. The average molecular weight is 448 g/mol. The van der Waals surface area contributed by atoms with Gasteiger partial charge in [0, 0.05) is 15.6 Å². The van der Waals surface area contributed by atoms with E-state index >= 15 is 0 Å². The zero-order valence-electron chi connectivity index (χ0n) is 14.0. The Morgan fingerprint density at radius 3 is 2.59 bits per heavy atom. The lowest BCUT2D eigenvalue weighted by atomic mass is 9.88. The van der Waals surface area contributed by atoms with Crippen LogP contribution in [0.3, 0.4) is 0 Å². The molecule has 3 aromatic rings. The molecule has 7 heteroatoms. The van der Waals surface area contributed by atoms with Gasteiger partial charge in [0.05, 0.1) is 5.75 Å². The molecule has 0 spiro atoms. The highest BCUT2D eigenvalue weighted by Crippen LogP contribution is 2.48. The maximum Gasteiger partial charge on any atom is 0.213 e. The van der Waals surface area contributed by atoms with Crippen molar-refractivity contribution in [3.63, 3.8) is 0 Å². The standard InChI is InChI=1S/C20H15BrFNO3S/c21-17-5-2-6-18-19(17)15-8-7-12(11-27(23,24)25)9-16(15)20(26-18)13-3-1-4-14(22)10-13/h1-10,20H,11H2,(H2,23,24,25). The van der Waals surface area contributed by atoms with Gasteiger partial charge in [0.2, 0.25) is 10.0 Å². The van der Waals surface area contributed by atoms with E-state index in [0.717, 1.165) is 21.2 Å². The molecule has 0 saturated heterocycles. The molecule has 0 bridgehead atoms. The molecule has 1 aliphatic heterocycles. The predicted molar refractivity (Wildman–Crippen MR) is 105 cm³/mol. The number of hydrogen-bond donors (Lipinski definition) is 1. The summed E-state index contributed by atoms with van der Waals surface area (Å²) in [6.07, 6.45) is -0.557. The first-order valence-electron chi connectivity index (χ1n) is 8.16. The normalized spacial score (nSPS) is 15.6. The number of fused-ring (bicyclic) bond motifs is 3. The minimum atomic E-state index is -3.67. The van der Waals surface area contributed by atoms with Crippen molar-refractivity contribution in [2.75, 3.05) is 0 Å². The van der Waals surface area contributed by atoms with Crippen molar-refractivity contribution < 1.29 is 17.5 Å². The Labute approximate surface area is 165 Å². The van der Waals surface area contributed by atoms with E-state index < -0.39 is 16.1 Å². The SMILES string of the molecule is NS(=O)(=O)Cc1ccc2c(c1)C(c1cccc(F)c1)Oc1cccc(Br)c1-2. The maximum atomic E-state index is 13.8. The zero-order valence-corrected chi connectivity index (χ0v) is 16.4. The van der Waals surface area contributed by atoms with Crippen LogP contribution in [0.15, 0.2) is 65.1 Å². The van der Waals surface area contributed by atoms with Gasteiger partial charge >= 0.3 is 0 Å². The summed E-state index contributed by atoms with van der Waals surface area (Å²) in [4.78, 5) is 0. The van der Waals surface area contributed by atoms with Gasteiger partial charge in [-0.15, -0.1) is 0 Å². The minimum Gasteiger partial charge on any atom is -0.480 e. The lowest BCUT2D eigenvalue weighted by Crippen LogP contribution is -2.18. The molecule has 0 fully saturated rings. The molecular weight excluding hydrogens is 433 g/mol. The van der Waals surface area contributed by atoms with Crippen LogP contribution in [-0.4, -0.2) is 8.42 Å². The molecule has 1 aliphatic rings. The molecule has 3 aromatic carbocycles. The maximum absolute atomic E-state index is 13.8. The van der Waals surface area contributed by atoms with Crippen LogP contribution in [0.25, 0.3) is 11.1 Å². The van der Waals surface area contributed by atoms with Gasteiger partial charge in [0.1, 0.15) is 17.7 Å². The van der Waals surface area contributed by atoms with Crippen LogP contribution in [0.5, 0.6) is 5.75 Å². The number of primary sulfonamides is 1. The highest BCUT2D eigenvalue weighted by molar-refractivity contribution is 9.10. The Balaban J connectivity index is 1.93. The second-order valence-electron chi connectivity index (χ2n) is 6.39. The fourth-order valence-electron chi connectivity index (χ4n) is 3.35. The summed E-state index contributed by atoms with van der Waals surface area (Å²) >= 11 is 3.55. The van der Waals surface area contributed by atoms with Gasteiger partial charge in [-0.3, -0.25) is 0 Å². The number of ether oxygens (including phenoxy) is 1. The first kappa shape index (κ1) is 18.2. The topological polar surface area (TPSA) is 69.4 Å². The van der Waals surface area contributed by atoms with Crippen LogP contribution in [0.2, 0.25) is 0 Å². The fourth-order valence-corrected chi connectivity index (χ4v) is 4.56. The summed E-state index contributed by atoms with van der Waals surface area (Å²) in [5.74, 6) is 0.0302. The molecule has 0 aromatic heterocycles. The van der Waals surface area contributed by atoms with Gasteiger partial charge in [0.25, 0.3) is 0 Å². The van der Waals surface area contributed by atoms with Gasteiger partial charge in [-0.2, -0.15) is 0 Å². The van der Waals surface area contributed by atoms with E-state index in [-0.39, 0.29) is 11.6 Å². The monoisotopic (exact) mass is 447 g/mol. The first-order chi connectivity index (χ1) is 12.8. The summed E-state index contributed by atoms with van der Waals surface area (Å²) in [5, 5.41) is 5.19. The molecule has 27 heavy (non-hydrogen) atoms. The Morgan fingerprint density at radius 2 is 1.85 bits per heavy atom. The summed E-state index contributed by atoms with van der Waals surface area (Å²) in [7, 11) is -3.67. The van der Waals surface area contributed by atoms with Crippen LogP contribution < -0.4 is 9.88 Å². The lowest BCUT2D eigenvalue weighted by molar-refractivity contribution is 0.243. The third-order valence-corrected chi connectivity index (χ3v) is 5.80. The second-order valence-corrected chi connectivity index (χ2v) is 8.86. The number of benzene rings is 3. The third kappa shape index (κ3) is 3.63. The zero-order chi connectivity index (χ0) is 19.2. The quantitative estimate of drug-likeness (QED) is 0.641. The van der Waals surface area contributed by atoms with Crippen molar-refractivity contribution in [2.24, 2.45) is 5.14 Å². The van der Waals surface area contributed by atoms with Crippen molar-refractivity contribution in [2.45, 2.75) is 11.9 Å². The highest BCUT2D eigenvalue weighted by atomic mass is 79.9.